The highest BCUT2D eigenvalue weighted by Gasteiger charge is 2.00. The van der Waals surface area contributed by atoms with Gasteiger partial charge >= 0.3 is 0 Å². The molecule has 0 radical (unpaired) electrons. The topological polar surface area (TPSA) is 46.2 Å². The van der Waals surface area contributed by atoms with Crippen molar-refractivity contribution in [3.05, 3.63) is 12.2 Å². The zero-order valence-electron chi connectivity index (χ0n) is 8.46. The van der Waals surface area contributed by atoms with Crippen molar-refractivity contribution in [1.82, 2.24) is 5.32 Å². The predicted octanol–water partition coefficient (Wildman–Crippen LogP) is 0.946. The number of allylic oxidation sites excluding steroid dienone is 1. The minimum Gasteiger partial charge on any atom is -0.307 e. The molecule has 0 heterocycles. The number of carbonyl (C=O) groups excluding carboxylic acids is 2. The quantitative estimate of drug-likeness (QED) is 0.492. The summed E-state index contributed by atoms with van der Waals surface area (Å²) in [6.45, 7) is 6.17. The van der Waals surface area contributed by atoms with E-state index in [9.17, 15) is 9.59 Å². The molecule has 3 heteroatoms. The Morgan fingerprint density at radius 2 is 2.00 bits per heavy atom. The first-order valence-corrected chi connectivity index (χ1v) is 4.44. The summed E-state index contributed by atoms with van der Waals surface area (Å²) in [4.78, 5) is 21.6. The van der Waals surface area contributed by atoms with Crippen LogP contribution in [0.25, 0.3) is 0 Å². The van der Waals surface area contributed by atoms with Crippen molar-refractivity contribution in [2.24, 2.45) is 5.92 Å². The molecule has 0 aliphatic heterocycles. The third-order valence-corrected chi connectivity index (χ3v) is 1.49. The summed E-state index contributed by atoms with van der Waals surface area (Å²) >= 11 is 0. The van der Waals surface area contributed by atoms with Gasteiger partial charge < -0.3 is 5.32 Å². The maximum absolute atomic E-state index is 11.1. The van der Waals surface area contributed by atoms with E-state index in [1.165, 1.54) is 6.92 Å². The lowest BCUT2D eigenvalue weighted by atomic mass is 10.1. The Hall–Kier alpha value is -0.960. The average molecular weight is 183 g/mol. The third kappa shape index (κ3) is 7.40. The van der Waals surface area contributed by atoms with E-state index in [0.717, 1.165) is 0 Å². The van der Waals surface area contributed by atoms with Gasteiger partial charge in [0.15, 0.2) is 5.78 Å². The van der Waals surface area contributed by atoms with Crippen LogP contribution in [0.3, 0.4) is 0 Å². The van der Waals surface area contributed by atoms with Crippen LogP contribution in [0.1, 0.15) is 20.8 Å². The van der Waals surface area contributed by atoms with Gasteiger partial charge in [0, 0.05) is 12.5 Å². The van der Waals surface area contributed by atoms with Gasteiger partial charge in [-0.15, -0.1) is 0 Å². The molecule has 0 aromatic carbocycles. The van der Waals surface area contributed by atoms with Crippen LogP contribution in [-0.2, 0) is 9.59 Å². The Bertz CT molecular complexity index is 207. The summed E-state index contributed by atoms with van der Waals surface area (Å²) in [7, 11) is 0. The van der Waals surface area contributed by atoms with Crippen LogP contribution in [0, 0.1) is 5.92 Å². The van der Waals surface area contributed by atoms with Crippen molar-refractivity contribution in [2.45, 2.75) is 20.8 Å². The van der Waals surface area contributed by atoms with Gasteiger partial charge in [-0.25, -0.2) is 0 Å². The first kappa shape index (κ1) is 12.0. The van der Waals surface area contributed by atoms with Crippen LogP contribution in [0.15, 0.2) is 12.2 Å². The monoisotopic (exact) mass is 183 g/mol. The molecule has 13 heavy (non-hydrogen) atoms. The number of hydrogen-bond donors (Lipinski definition) is 1. The molecule has 0 amide bonds. The number of hydrogen-bond acceptors (Lipinski definition) is 3. The molecule has 0 fully saturated rings. The summed E-state index contributed by atoms with van der Waals surface area (Å²) in [6, 6.07) is 0. The summed E-state index contributed by atoms with van der Waals surface area (Å²) in [5, 5.41) is 2.89. The van der Waals surface area contributed by atoms with Crippen molar-refractivity contribution in [3.8, 4) is 0 Å². The zero-order valence-corrected chi connectivity index (χ0v) is 8.46. The Morgan fingerprint density at radius 3 is 2.46 bits per heavy atom. The van der Waals surface area contributed by atoms with Crippen LogP contribution >= 0.6 is 0 Å². The standard InChI is InChI=1S/C10H17NO2/c1-8(2)10(13)5-4-6-11-7-9(3)12/h4-5,8,11H,6-7H2,1-3H3/b5-4+. The number of nitrogens with one attached hydrogen (secondary N) is 1. The molecule has 0 atom stereocenters. The highest BCUT2D eigenvalue weighted by molar-refractivity contribution is 5.91. The van der Waals surface area contributed by atoms with Crippen LogP contribution in [0.4, 0.5) is 0 Å². The van der Waals surface area contributed by atoms with Crippen molar-refractivity contribution >= 4 is 11.6 Å². The first-order valence-electron chi connectivity index (χ1n) is 4.44. The number of ketones is 2. The minimum absolute atomic E-state index is 0.0454. The van der Waals surface area contributed by atoms with Gasteiger partial charge in [-0.1, -0.05) is 19.9 Å². The van der Waals surface area contributed by atoms with Crippen LogP contribution in [0.5, 0.6) is 0 Å². The van der Waals surface area contributed by atoms with Crippen molar-refractivity contribution in [3.63, 3.8) is 0 Å². The SMILES string of the molecule is CC(=O)CNC/C=C/C(=O)C(C)C. The van der Waals surface area contributed by atoms with Crippen LogP contribution < -0.4 is 5.32 Å². The molecular weight excluding hydrogens is 166 g/mol. The molecule has 74 valence electrons. The molecule has 3 nitrogen and oxygen atoms in total. The molecule has 0 spiro atoms. The van der Waals surface area contributed by atoms with E-state index >= 15 is 0 Å². The van der Waals surface area contributed by atoms with Gasteiger partial charge in [0.25, 0.3) is 0 Å². The summed E-state index contributed by atoms with van der Waals surface area (Å²) in [5.74, 6) is 0.261. The van der Waals surface area contributed by atoms with Crippen LogP contribution in [0.2, 0.25) is 0 Å². The molecule has 0 rings (SSSR count). The molecule has 1 N–H and O–H groups in total. The van der Waals surface area contributed by atoms with E-state index in [1.807, 2.05) is 13.8 Å². The van der Waals surface area contributed by atoms with Gasteiger partial charge in [0.1, 0.15) is 5.78 Å². The van der Waals surface area contributed by atoms with E-state index < -0.39 is 0 Å². The second kappa shape index (κ2) is 6.54. The summed E-state index contributed by atoms with van der Waals surface area (Å²) < 4.78 is 0. The Balaban J connectivity index is 3.52. The smallest absolute Gasteiger partial charge is 0.157 e. The molecule has 0 unspecified atom stereocenters. The van der Waals surface area contributed by atoms with E-state index in [-0.39, 0.29) is 17.5 Å². The number of carbonyl (C=O) groups is 2. The lowest BCUT2D eigenvalue weighted by Crippen LogP contribution is -2.20. The second-order valence-corrected chi connectivity index (χ2v) is 3.29. The Labute approximate surface area is 79.2 Å². The maximum Gasteiger partial charge on any atom is 0.157 e. The summed E-state index contributed by atoms with van der Waals surface area (Å²) in [5.41, 5.74) is 0. The van der Waals surface area contributed by atoms with E-state index in [1.54, 1.807) is 12.2 Å². The minimum atomic E-state index is 0.0454. The number of rotatable bonds is 6. The molecular formula is C10H17NO2. The zero-order chi connectivity index (χ0) is 10.3. The fourth-order valence-electron chi connectivity index (χ4n) is 0.699. The molecule has 0 saturated carbocycles. The maximum atomic E-state index is 11.1. The van der Waals surface area contributed by atoms with Gasteiger partial charge in [0.2, 0.25) is 0 Å². The van der Waals surface area contributed by atoms with Gasteiger partial charge in [-0.3, -0.25) is 9.59 Å². The van der Waals surface area contributed by atoms with E-state index in [4.69, 9.17) is 0 Å². The fourth-order valence-corrected chi connectivity index (χ4v) is 0.699. The molecule has 0 saturated heterocycles. The fraction of sp³-hybridized carbons (Fsp3) is 0.600. The van der Waals surface area contributed by atoms with Crippen molar-refractivity contribution in [2.75, 3.05) is 13.1 Å². The van der Waals surface area contributed by atoms with Crippen molar-refractivity contribution < 1.29 is 9.59 Å². The Kier molecular flexibility index (Phi) is 6.06. The molecule has 0 aliphatic carbocycles. The first-order chi connectivity index (χ1) is 6.04. The highest BCUT2D eigenvalue weighted by atomic mass is 16.1. The van der Waals surface area contributed by atoms with Gasteiger partial charge in [-0.2, -0.15) is 0 Å². The van der Waals surface area contributed by atoms with Gasteiger partial charge in [0.05, 0.1) is 6.54 Å². The molecule has 0 bridgehead atoms. The number of Topliss-reactive ketones (excluding diaryl/α,β-unsaturated/α-hetero) is 1. The molecule has 0 aromatic rings. The second-order valence-electron chi connectivity index (χ2n) is 3.29. The largest absolute Gasteiger partial charge is 0.307 e. The third-order valence-electron chi connectivity index (χ3n) is 1.49. The highest BCUT2D eigenvalue weighted by Crippen LogP contribution is 1.94. The summed E-state index contributed by atoms with van der Waals surface area (Å²) in [6.07, 6.45) is 3.29. The van der Waals surface area contributed by atoms with Crippen LogP contribution in [-0.4, -0.2) is 24.7 Å². The molecule has 0 aromatic heterocycles. The lowest BCUT2D eigenvalue weighted by molar-refractivity contribution is -0.117. The van der Waals surface area contributed by atoms with E-state index in [2.05, 4.69) is 5.32 Å². The normalized spacial score (nSPS) is 11.1. The van der Waals surface area contributed by atoms with E-state index in [0.29, 0.717) is 13.1 Å². The predicted molar refractivity (Wildman–Crippen MR) is 52.5 cm³/mol. The van der Waals surface area contributed by atoms with Crippen molar-refractivity contribution in [1.29, 1.82) is 0 Å². The van der Waals surface area contributed by atoms with Gasteiger partial charge in [-0.05, 0) is 13.0 Å². The Morgan fingerprint density at radius 1 is 1.38 bits per heavy atom. The average Bonchev–Trinajstić information content (AvgIpc) is 2.02. The molecule has 0 aliphatic rings. The lowest BCUT2D eigenvalue weighted by Gasteiger charge is -1.97.